The summed E-state index contributed by atoms with van der Waals surface area (Å²) in [6.07, 6.45) is 1.44. The number of nitriles is 1. The number of carbonyl (C=O) groups excluding carboxylic acids is 1. The third-order valence-electron chi connectivity index (χ3n) is 3.39. The number of benzene rings is 2. The van der Waals surface area contributed by atoms with Crippen molar-refractivity contribution in [3.05, 3.63) is 70.8 Å². The second-order valence-electron chi connectivity index (χ2n) is 5.25. The van der Waals surface area contributed by atoms with Gasteiger partial charge in [-0.3, -0.25) is 0 Å². The van der Waals surface area contributed by atoms with Crippen molar-refractivity contribution < 1.29 is 24.2 Å². The lowest BCUT2D eigenvalue weighted by Crippen LogP contribution is -2.05. The number of carbonyl (C=O) groups is 2. The van der Waals surface area contributed by atoms with Crippen molar-refractivity contribution in [2.45, 2.75) is 13.5 Å². The molecule has 0 heterocycles. The van der Waals surface area contributed by atoms with Crippen molar-refractivity contribution in [3.63, 3.8) is 0 Å². The monoisotopic (exact) mass is 351 g/mol. The van der Waals surface area contributed by atoms with Gasteiger partial charge in [0.1, 0.15) is 24.0 Å². The van der Waals surface area contributed by atoms with Crippen molar-refractivity contribution in [1.82, 2.24) is 0 Å². The number of aromatic carboxylic acids is 1. The lowest BCUT2D eigenvalue weighted by atomic mass is 10.1. The normalized spacial score (nSPS) is 10.7. The lowest BCUT2D eigenvalue weighted by Gasteiger charge is -2.07. The number of esters is 1. The zero-order valence-corrected chi connectivity index (χ0v) is 14.1. The van der Waals surface area contributed by atoms with E-state index in [0.29, 0.717) is 11.3 Å². The molecule has 2 aromatic carbocycles. The number of hydrogen-bond acceptors (Lipinski definition) is 5. The Morgan fingerprint density at radius 1 is 1.19 bits per heavy atom. The molecule has 1 N–H and O–H groups in total. The van der Waals surface area contributed by atoms with Gasteiger partial charge in [-0.05, 0) is 48.4 Å². The predicted octanol–water partition coefficient (Wildman–Crippen LogP) is 3.43. The van der Waals surface area contributed by atoms with E-state index in [1.165, 1.54) is 12.1 Å². The molecule has 0 fully saturated rings. The predicted molar refractivity (Wildman–Crippen MR) is 94.4 cm³/mol. The van der Waals surface area contributed by atoms with Crippen molar-refractivity contribution in [2.75, 3.05) is 6.61 Å². The molecule has 0 aliphatic heterocycles. The van der Waals surface area contributed by atoms with Crippen LogP contribution in [0.4, 0.5) is 0 Å². The molecule has 0 spiro atoms. The Bertz CT molecular complexity index is 863. The molecular weight excluding hydrogens is 334 g/mol. The summed E-state index contributed by atoms with van der Waals surface area (Å²) in [5, 5.41) is 18.0. The maximum absolute atomic E-state index is 11.6. The van der Waals surface area contributed by atoms with Crippen molar-refractivity contribution in [3.8, 4) is 11.8 Å². The first-order chi connectivity index (χ1) is 12.5. The summed E-state index contributed by atoms with van der Waals surface area (Å²) in [5.74, 6) is -1.07. The van der Waals surface area contributed by atoms with E-state index in [0.717, 1.165) is 5.56 Å². The highest BCUT2D eigenvalue weighted by Gasteiger charge is 2.09. The maximum atomic E-state index is 11.6. The molecule has 6 nitrogen and oxygen atoms in total. The molecule has 26 heavy (non-hydrogen) atoms. The minimum Gasteiger partial charge on any atom is -0.489 e. The van der Waals surface area contributed by atoms with Gasteiger partial charge in [0.05, 0.1) is 12.2 Å². The Balaban J connectivity index is 2.03. The molecule has 0 bridgehead atoms. The minimum atomic E-state index is -0.988. The van der Waals surface area contributed by atoms with E-state index >= 15 is 0 Å². The zero-order valence-electron chi connectivity index (χ0n) is 14.1. The van der Waals surface area contributed by atoms with Gasteiger partial charge < -0.3 is 14.6 Å². The van der Waals surface area contributed by atoms with Crippen molar-refractivity contribution in [1.29, 1.82) is 5.26 Å². The summed E-state index contributed by atoms with van der Waals surface area (Å²) >= 11 is 0. The zero-order chi connectivity index (χ0) is 18.9. The highest BCUT2D eigenvalue weighted by molar-refractivity contribution is 5.97. The van der Waals surface area contributed by atoms with Gasteiger partial charge in [0.15, 0.2) is 0 Å². The Labute approximate surface area is 150 Å². The highest BCUT2D eigenvalue weighted by Crippen LogP contribution is 2.17. The van der Waals surface area contributed by atoms with E-state index < -0.39 is 11.9 Å². The van der Waals surface area contributed by atoms with Crippen molar-refractivity contribution >= 4 is 18.0 Å². The Morgan fingerprint density at radius 3 is 2.54 bits per heavy atom. The third kappa shape index (κ3) is 5.21. The fourth-order valence-electron chi connectivity index (χ4n) is 2.13. The van der Waals surface area contributed by atoms with Crippen LogP contribution >= 0.6 is 0 Å². The average molecular weight is 351 g/mol. The van der Waals surface area contributed by atoms with Crippen LogP contribution in [0.25, 0.3) is 6.08 Å². The van der Waals surface area contributed by atoms with Crippen LogP contribution in [-0.2, 0) is 16.1 Å². The largest absolute Gasteiger partial charge is 0.489 e. The molecule has 0 aromatic heterocycles. The molecule has 0 amide bonds. The standard InChI is InChI=1S/C20H17NO5/c1-2-25-20(24)17(12-21)10-14-6-8-18(9-7-14)26-13-15-4-3-5-16(11-15)19(22)23/h3-11H,2,13H2,1H3,(H,22,23)/b17-10+. The fourth-order valence-corrected chi connectivity index (χ4v) is 2.13. The van der Waals surface area contributed by atoms with Gasteiger partial charge in [0.2, 0.25) is 0 Å². The number of rotatable bonds is 7. The number of ether oxygens (including phenoxy) is 2. The highest BCUT2D eigenvalue weighted by atomic mass is 16.5. The Morgan fingerprint density at radius 2 is 1.92 bits per heavy atom. The second-order valence-corrected chi connectivity index (χ2v) is 5.25. The molecule has 0 saturated heterocycles. The van der Waals surface area contributed by atoms with Crippen LogP contribution in [0.15, 0.2) is 54.1 Å². The number of carboxylic acids is 1. The van der Waals surface area contributed by atoms with Gasteiger partial charge in [-0.1, -0.05) is 24.3 Å². The Kier molecular flexibility index (Phi) is 6.52. The van der Waals surface area contributed by atoms with Crippen LogP contribution < -0.4 is 4.74 Å². The van der Waals surface area contributed by atoms with Gasteiger partial charge in [0.25, 0.3) is 0 Å². The summed E-state index contributed by atoms with van der Waals surface area (Å²) in [5.41, 5.74) is 1.53. The topological polar surface area (TPSA) is 96.6 Å². The summed E-state index contributed by atoms with van der Waals surface area (Å²) in [4.78, 5) is 22.6. The van der Waals surface area contributed by atoms with Crippen molar-refractivity contribution in [2.24, 2.45) is 0 Å². The van der Waals surface area contributed by atoms with Crippen LogP contribution in [0.5, 0.6) is 5.75 Å². The molecule has 0 atom stereocenters. The smallest absolute Gasteiger partial charge is 0.348 e. The van der Waals surface area contributed by atoms with E-state index in [1.807, 2.05) is 6.07 Å². The summed E-state index contributed by atoms with van der Waals surface area (Å²) in [6, 6.07) is 15.1. The number of nitrogens with zero attached hydrogens (tertiary/aromatic N) is 1. The molecule has 0 aliphatic carbocycles. The van der Waals surface area contributed by atoms with E-state index in [4.69, 9.17) is 19.8 Å². The molecule has 0 saturated carbocycles. The molecule has 2 aromatic rings. The first kappa shape index (κ1) is 18.7. The van der Waals surface area contributed by atoms with E-state index in [2.05, 4.69) is 0 Å². The van der Waals surface area contributed by atoms with Crippen LogP contribution in [0.2, 0.25) is 0 Å². The molecule has 0 radical (unpaired) electrons. The Hall–Kier alpha value is -3.59. The first-order valence-electron chi connectivity index (χ1n) is 7.87. The average Bonchev–Trinajstić information content (AvgIpc) is 2.65. The molecule has 2 rings (SSSR count). The van der Waals surface area contributed by atoms with E-state index in [1.54, 1.807) is 49.4 Å². The van der Waals surface area contributed by atoms with E-state index in [9.17, 15) is 9.59 Å². The first-order valence-corrected chi connectivity index (χ1v) is 7.87. The van der Waals surface area contributed by atoms with Gasteiger partial charge in [-0.15, -0.1) is 0 Å². The third-order valence-corrected chi connectivity index (χ3v) is 3.39. The summed E-state index contributed by atoms with van der Waals surface area (Å²) in [6.45, 7) is 2.10. The SMILES string of the molecule is CCOC(=O)/C(C#N)=C/c1ccc(OCc2cccc(C(=O)O)c2)cc1. The summed E-state index contributed by atoms with van der Waals surface area (Å²) < 4.78 is 10.4. The van der Waals surface area contributed by atoms with Gasteiger partial charge in [-0.25, -0.2) is 9.59 Å². The van der Waals surface area contributed by atoms with E-state index in [-0.39, 0.29) is 24.4 Å². The lowest BCUT2D eigenvalue weighted by molar-refractivity contribution is -0.137. The van der Waals surface area contributed by atoms with Gasteiger partial charge >= 0.3 is 11.9 Å². The second kappa shape index (κ2) is 9.04. The molecule has 0 aliphatic rings. The maximum Gasteiger partial charge on any atom is 0.348 e. The minimum absolute atomic E-state index is 0.0778. The molecule has 132 valence electrons. The molecule has 6 heteroatoms. The van der Waals surface area contributed by atoms with Gasteiger partial charge in [-0.2, -0.15) is 5.26 Å². The molecular formula is C20H17NO5. The van der Waals surface area contributed by atoms with Crippen LogP contribution in [-0.4, -0.2) is 23.7 Å². The van der Waals surface area contributed by atoms with Crippen LogP contribution in [0.3, 0.4) is 0 Å². The number of carboxylic acid groups (broad SMARTS) is 1. The van der Waals surface area contributed by atoms with Crippen LogP contribution in [0.1, 0.15) is 28.4 Å². The van der Waals surface area contributed by atoms with Gasteiger partial charge in [0, 0.05) is 0 Å². The molecule has 0 unspecified atom stereocenters. The van der Waals surface area contributed by atoms with Crippen LogP contribution in [0, 0.1) is 11.3 Å². The fraction of sp³-hybridized carbons (Fsp3) is 0.150. The summed E-state index contributed by atoms with van der Waals surface area (Å²) in [7, 11) is 0. The quantitative estimate of drug-likeness (QED) is 0.466. The number of hydrogen-bond donors (Lipinski definition) is 1.